The second-order valence-electron chi connectivity index (χ2n) is 4.67. The van der Waals surface area contributed by atoms with E-state index >= 15 is 0 Å². The third-order valence-electron chi connectivity index (χ3n) is 3.90. The molecule has 2 atom stereocenters. The van der Waals surface area contributed by atoms with Crippen LogP contribution in [-0.4, -0.2) is 11.1 Å². The Morgan fingerprint density at radius 1 is 1.38 bits per heavy atom. The summed E-state index contributed by atoms with van der Waals surface area (Å²) in [5.74, 6) is -0.926. The number of benzene rings is 1. The summed E-state index contributed by atoms with van der Waals surface area (Å²) in [7, 11) is 0. The minimum Gasteiger partial charge on any atom is -0.481 e. The lowest BCUT2D eigenvalue weighted by Crippen LogP contribution is -2.11. The first-order chi connectivity index (χ1) is 7.54. The van der Waals surface area contributed by atoms with Crippen LogP contribution >= 0.6 is 23.2 Å². The topological polar surface area (TPSA) is 37.3 Å². The molecule has 1 spiro atoms. The summed E-state index contributed by atoms with van der Waals surface area (Å²) >= 11 is 12.0. The van der Waals surface area contributed by atoms with Crippen LogP contribution in [0.4, 0.5) is 0 Å². The van der Waals surface area contributed by atoms with Crippen molar-refractivity contribution in [2.24, 2.45) is 5.92 Å². The Bertz CT molecular complexity index is 498. The monoisotopic (exact) mass is 256 g/mol. The molecule has 0 amide bonds. The SMILES string of the molecule is O=C(O)C1CC12CCc1cc(Cl)c(Cl)cc12. The van der Waals surface area contributed by atoms with Crippen molar-refractivity contribution in [3.8, 4) is 0 Å². The van der Waals surface area contributed by atoms with Crippen LogP contribution in [-0.2, 0) is 16.6 Å². The smallest absolute Gasteiger partial charge is 0.307 e. The van der Waals surface area contributed by atoms with Crippen LogP contribution in [0.3, 0.4) is 0 Å². The molecule has 4 heteroatoms. The molecule has 0 heterocycles. The summed E-state index contributed by atoms with van der Waals surface area (Å²) in [5.41, 5.74) is 2.13. The van der Waals surface area contributed by atoms with Crippen molar-refractivity contribution in [1.82, 2.24) is 0 Å². The molecule has 3 rings (SSSR count). The van der Waals surface area contributed by atoms with Gasteiger partial charge in [0.25, 0.3) is 0 Å². The number of rotatable bonds is 1. The quantitative estimate of drug-likeness (QED) is 0.838. The normalized spacial score (nSPS) is 30.5. The lowest BCUT2D eigenvalue weighted by atomic mass is 9.95. The summed E-state index contributed by atoms with van der Waals surface area (Å²) in [5, 5.41) is 10.2. The van der Waals surface area contributed by atoms with Gasteiger partial charge >= 0.3 is 5.97 Å². The van der Waals surface area contributed by atoms with Crippen LogP contribution in [0.2, 0.25) is 10.0 Å². The van der Waals surface area contributed by atoms with Gasteiger partial charge in [-0.25, -0.2) is 0 Å². The second kappa shape index (κ2) is 3.14. The average molecular weight is 257 g/mol. The van der Waals surface area contributed by atoms with Gasteiger partial charge in [0.15, 0.2) is 0 Å². The van der Waals surface area contributed by atoms with E-state index in [0.717, 1.165) is 30.4 Å². The van der Waals surface area contributed by atoms with Crippen molar-refractivity contribution in [3.05, 3.63) is 33.3 Å². The fraction of sp³-hybridized carbons (Fsp3) is 0.417. The summed E-state index contributed by atoms with van der Waals surface area (Å²) in [6.45, 7) is 0. The van der Waals surface area contributed by atoms with Crippen LogP contribution in [0.5, 0.6) is 0 Å². The molecule has 1 N–H and O–H groups in total. The van der Waals surface area contributed by atoms with E-state index in [1.807, 2.05) is 12.1 Å². The van der Waals surface area contributed by atoms with Gasteiger partial charge in [0.05, 0.1) is 16.0 Å². The highest BCUT2D eigenvalue weighted by Gasteiger charge is 2.61. The van der Waals surface area contributed by atoms with Crippen molar-refractivity contribution in [2.45, 2.75) is 24.7 Å². The largest absolute Gasteiger partial charge is 0.481 e. The number of aryl methyl sites for hydroxylation is 1. The number of carboxylic acid groups (broad SMARTS) is 1. The molecule has 2 unspecified atom stereocenters. The maximum absolute atomic E-state index is 11.0. The van der Waals surface area contributed by atoms with E-state index in [1.165, 1.54) is 0 Å². The number of halogens is 2. The highest BCUT2D eigenvalue weighted by molar-refractivity contribution is 6.42. The summed E-state index contributed by atoms with van der Waals surface area (Å²) in [6.07, 6.45) is 2.57. The molecule has 0 bridgehead atoms. The third-order valence-corrected chi connectivity index (χ3v) is 4.62. The number of hydrogen-bond acceptors (Lipinski definition) is 1. The number of aliphatic carboxylic acids is 1. The average Bonchev–Trinajstić information content (AvgIpc) is 2.86. The minimum absolute atomic E-state index is 0.143. The predicted molar refractivity (Wildman–Crippen MR) is 62.2 cm³/mol. The van der Waals surface area contributed by atoms with Gasteiger partial charge < -0.3 is 5.11 Å². The molecular formula is C12H10Cl2O2. The van der Waals surface area contributed by atoms with Gasteiger partial charge in [-0.05, 0) is 42.5 Å². The molecule has 0 radical (unpaired) electrons. The maximum atomic E-state index is 11.0. The summed E-state index contributed by atoms with van der Waals surface area (Å²) < 4.78 is 0. The Hall–Kier alpha value is -0.730. The van der Waals surface area contributed by atoms with Crippen molar-refractivity contribution in [3.63, 3.8) is 0 Å². The van der Waals surface area contributed by atoms with E-state index in [-0.39, 0.29) is 11.3 Å². The van der Waals surface area contributed by atoms with E-state index in [0.29, 0.717) is 10.0 Å². The Labute approximate surface area is 103 Å². The number of carbonyl (C=O) groups is 1. The van der Waals surface area contributed by atoms with Crippen LogP contribution in [0.1, 0.15) is 24.0 Å². The molecule has 0 aromatic heterocycles. The fourth-order valence-electron chi connectivity index (χ4n) is 2.95. The zero-order valence-electron chi connectivity index (χ0n) is 8.46. The molecule has 2 nitrogen and oxygen atoms in total. The molecule has 1 fully saturated rings. The Balaban J connectivity index is 2.08. The Morgan fingerprint density at radius 3 is 2.69 bits per heavy atom. The highest BCUT2D eigenvalue weighted by Crippen LogP contribution is 2.62. The van der Waals surface area contributed by atoms with Crippen molar-refractivity contribution in [2.75, 3.05) is 0 Å². The van der Waals surface area contributed by atoms with Crippen molar-refractivity contribution >= 4 is 29.2 Å². The molecule has 1 aromatic carbocycles. The molecule has 84 valence electrons. The highest BCUT2D eigenvalue weighted by atomic mass is 35.5. The molecule has 2 aliphatic carbocycles. The van der Waals surface area contributed by atoms with Crippen molar-refractivity contribution in [1.29, 1.82) is 0 Å². The third kappa shape index (κ3) is 1.23. The first kappa shape index (κ1) is 10.4. The van der Waals surface area contributed by atoms with Crippen LogP contribution in [0, 0.1) is 5.92 Å². The zero-order valence-corrected chi connectivity index (χ0v) is 9.98. The Kier molecular flexibility index (Phi) is 2.05. The van der Waals surface area contributed by atoms with Crippen molar-refractivity contribution < 1.29 is 9.90 Å². The van der Waals surface area contributed by atoms with Crippen LogP contribution < -0.4 is 0 Å². The van der Waals surface area contributed by atoms with Gasteiger partial charge in [0, 0.05) is 5.41 Å². The van der Waals surface area contributed by atoms with Gasteiger partial charge in [-0.2, -0.15) is 0 Å². The van der Waals surface area contributed by atoms with E-state index in [9.17, 15) is 4.79 Å². The van der Waals surface area contributed by atoms with Crippen LogP contribution in [0.25, 0.3) is 0 Å². The minimum atomic E-state index is -0.695. The van der Waals surface area contributed by atoms with Gasteiger partial charge in [-0.1, -0.05) is 23.2 Å². The van der Waals surface area contributed by atoms with E-state index < -0.39 is 5.97 Å². The van der Waals surface area contributed by atoms with Gasteiger partial charge in [0.2, 0.25) is 0 Å². The summed E-state index contributed by atoms with van der Waals surface area (Å²) in [4.78, 5) is 11.0. The maximum Gasteiger partial charge on any atom is 0.307 e. The first-order valence-electron chi connectivity index (χ1n) is 5.26. The molecule has 0 saturated heterocycles. The number of carboxylic acids is 1. The predicted octanol–water partition coefficient (Wildman–Crippen LogP) is 3.28. The standard InChI is InChI=1S/C12H10Cl2O2/c13-9-3-6-1-2-12(5-8(12)11(15)16)7(6)4-10(9)14/h3-4,8H,1-2,5H2,(H,15,16). The van der Waals surface area contributed by atoms with E-state index in [4.69, 9.17) is 28.3 Å². The molecule has 0 aliphatic heterocycles. The zero-order chi connectivity index (χ0) is 11.5. The Morgan fingerprint density at radius 2 is 2.06 bits per heavy atom. The first-order valence-corrected chi connectivity index (χ1v) is 6.01. The lowest BCUT2D eigenvalue weighted by Gasteiger charge is -2.10. The molecule has 1 saturated carbocycles. The number of fused-ring (bicyclic) bond motifs is 2. The lowest BCUT2D eigenvalue weighted by molar-refractivity contribution is -0.139. The summed E-state index contributed by atoms with van der Waals surface area (Å²) in [6, 6.07) is 3.74. The van der Waals surface area contributed by atoms with E-state index in [1.54, 1.807) is 0 Å². The molecule has 2 aliphatic rings. The fourth-order valence-corrected chi connectivity index (χ4v) is 3.30. The van der Waals surface area contributed by atoms with E-state index in [2.05, 4.69) is 0 Å². The van der Waals surface area contributed by atoms with Gasteiger partial charge in [0.1, 0.15) is 0 Å². The number of hydrogen-bond donors (Lipinski definition) is 1. The molecular weight excluding hydrogens is 247 g/mol. The second-order valence-corrected chi connectivity index (χ2v) is 5.49. The molecule has 1 aromatic rings. The van der Waals surface area contributed by atoms with Crippen LogP contribution in [0.15, 0.2) is 12.1 Å². The van der Waals surface area contributed by atoms with Gasteiger partial charge in [-0.3, -0.25) is 4.79 Å². The van der Waals surface area contributed by atoms with Gasteiger partial charge in [-0.15, -0.1) is 0 Å². The molecule has 16 heavy (non-hydrogen) atoms.